The van der Waals surface area contributed by atoms with Crippen LogP contribution in [0.3, 0.4) is 0 Å². The molecule has 1 aliphatic heterocycles. The van der Waals surface area contributed by atoms with Crippen molar-refractivity contribution in [1.29, 1.82) is 0 Å². The van der Waals surface area contributed by atoms with E-state index in [4.69, 9.17) is 0 Å². The summed E-state index contributed by atoms with van der Waals surface area (Å²) in [6.07, 6.45) is -5.00. The van der Waals surface area contributed by atoms with E-state index in [0.717, 1.165) is 6.20 Å². The van der Waals surface area contributed by atoms with Gasteiger partial charge in [-0.2, -0.15) is 31.8 Å². The van der Waals surface area contributed by atoms with E-state index >= 15 is 0 Å². The van der Waals surface area contributed by atoms with Gasteiger partial charge in [-0.25, -0.2) is 0 Å². The van der Waals surface area contributed by atoms with Gasteiger partial charge in [-0.05, 0) is 20.8 Å². The molecule has 0 fully saturated rings. The Hall–Kier alpha value is -1.62. The molecule has 0 saturated heterocycles. The second kappa shape index (κ2) is 4.95. The van der Waals surface area contributed by atoms with Gasteiger partial charge in [-0.3, -0.25) is 4.68 Å². The van der Waals surface area contributed by atoms with Crippen LogP contribution >= 0.6 is 0 Å². The molecule has 11 heteroatoms. The lowest BCUT2D eigenvalue weighted by Crippen LogP contribution is -2.56. The van der Waals surface area contributed by atoms with Crippen LogP contribution in [-0.4, -0.2) is 45.3 Å². The van der Waals surface area contributed by atoms with Gasteiger partial charge in [-0.15, -0.1) is 4.41 Å². The summed E-state index contributed by atoms with van der Waals surface area (Å²) in [5, 5.41) is 17.2. The highest BCUT2D eigenvalue weighted by Crippen LogP contribution is 2.43. The molecule has 1 aromatic rings. The van der Waals surface area contributed by atoms with Crippen LogP contribution in [0.1, 0.15) is 26.0 Å². The summed E-state index contributed by atoms with van der Waals surface area (Å²) in [6, 6.07) is 0. The van der Waals surface area contributed by atoms with Crippen LogP contribution in [0, 0.1) is 6.92 Å². The van der Waals surface area contributed by atoms with Crippen molar-refractivity contribution >= 4 is 15.7 Å². The van der Waals surface area contributed by atoms with Crippen molar-refractivity contribution in [2.24, 2.45) is 5.10 Å². The second-order valence-electron chi connectivity index (χ2n) is 5.01. The zero-order chi connectivity index (χ0) is 16.9. The zero-order valence-corrected chi connectivity index (χ0v) is 12.9. The number of aromatic nitrogens is 2. The number of rotatable bonds is 3. The number of hydrazone groups is 1. The van der Waals surface area contributed by atoms with E-state index in [1.165, 1.54) is 18.5 Å². The summed E-state index contributed by atoms with van der Waals surface area (Å²) in [6.45, 7) is 4.63. The first kappa shape index (κ1) is 16.7. The Kier molecular flexibility index (Phi) is 3.77. The van der Waals surface area contributed by atoms with Crippen LogP contribution < -0.4 is 0 Å². The molecular weight excluding hydrogens is 325 g/mol. The van der Waals surface area contributed by atoms with E-state index in [-0.39, 0.29) is 15.8 Å². The number of aryl methyl sites for hydroxylation is 2. The minimum absolute atomic E-state index is 0.0335. The third-order valence-corrected chi connectivity index (χ3v) is 5.06. The Balaban J connectivity index is 2.58. The monoisotopic (exact) mass is 340 g/mol. The van der Waals surface area contributed by atoms with Gasteiger partial charge >= 0.3 is 6.18 Å². The number of aliphatic hydroxyl groups is 1. The summed E-state index contributed by atoms with van der Waals surface area (Å²) in [5.41, 5.74) is -3.69. The van der Waals surface area contributed by atoms with Crippen molar-refractivity contribution < 1.29 is 26.7 Å². The standard InChI is InChI=1S/C11H15F3N4O3S/c1-4-17-6-9(8(3)16-17)22(20,21)18-10(19,11(12,13)14)5-7(2)15-18/h6,19H,4-5H2,1-3H3. The van der Waals surface area contributed by atoms with Crippen LogP contribution in [0.15, 0.2) is 16.2 Å². The van der Waals surface area contributed by atoms with E-state index in [2.05, 4.69) is 10.2 Å². The minimum atomic E-state index is -5.18. The molecule has 1 aliphatic rings. The van der Waals surface area contributed by atoms with E-state index in [0.29, 0.717) is 6.54 Å². The fourth-order valence-electron chi connectivity index (χ4n) is 2.17. The highest BCUT2D eigenvalue weighted by Gasteiger charge is 2.64. The molecule has 0 bridgehead atoms. The lowest BCUT2D eigenvalue weighted by molar-refractivity contribution is -0.291. The molecule has 0 aliphatic carbocycles. The average Bonchev–Trinajstić information content (AvgIpc) is 2.90. The largest absolute Gasteiger partial charge is 0.439 e. The Morgan fingerprint density at radius 1 is 1.41 bits per heavy atom. The van der Waals surface area contributed by atoms with E-state index in [1.807, 2.05) is 0 Å². The molecule has 124 valence electrons. The molecule has 1 N–H and O–H groups in total. The molecule has 22 heavy (non-hydrogen) atoms. The van der Waals surface area contributed by atoms with E-state index in [9.17, 15) is 26.7 Å². The van der Waals surface area contributed by atoms with Crippen LogP contribution in [0.5, 0.6) is 0 Å². The number of hydrogen-bond acceptors (Lipinski definition) is 5. The molecule has 0 amide bonds. The summed E-state index contributed by atoms with van der Waals surface area (Å²) < 4.78 is 65.4. The van der Waals surface area contributed by atoms with Crippen molar-refractivity contribution in [3.63, 3.8) is 0 Å². The summed E-state index contributed by atoms with van der Waals surface area (Å²) in [4.78, 5) is -0.421. The van der Waals surface area contributed by atoms with Gasteiger partial charge in [-0.1, -0.05) is 0 Å². The van der Waals surface area contributed by atoms with Crippen molar-refractivity contribution in [3.8, 4) is 0 Å². The summed E-state index contributed by atoms with van der Waals surface area (Å²) in [5.74, 6) is 0. The van der Waals surface area contributed by atoms with Gasteiger partial charge in [0.1, 0.15) is 4.90 Å². The number of hydrogen-bond donors (Lipinski definition) is 1. The highest BCUT2D eigenvalue weighted by atomic mass is 32.2. The molecule has 1 unspecified atom stereocenters. The Morgan fingerprint density at radius 2 is 2.00 bits per heavy atom. The van der Waals surface area contributed by atoms with Crippen molar-refractivity contribution in [3.05, 3.63) is 11.9 Å². The Bertz CT molecular complexity index is 725. The summed E-state index contributed by atoms with van der Waals surface area (Å²) in [7, 11) is -4.69. The molecule has 2 heterocycles. The molecule has 7 nitrogen and oxygen atoms in total. The third kappa shape index (κ3) is 2.37. The van der Waals surface area contributed by atoms with Crippen molar-refractivity contribution in [1.82, 2.24) is 14.2 Å². The van der Waals surface area contributed by atoms with Gasteiger partial charge in [0.25, 0.3) is 15.7 Å². The Morgan fingerprint density at radius 3 is 2.45 bits per heavy atom. The normalized spacial score (nSPS) is 23.0. The second-order valence-corrected chi connectivity index (χ2v) is 6.74. The lowest BCUT2D eigenvalue weighted by atomic mass is 10.1. The molecule has 0 aromatic carbocycles. The quantitative estimate of drug-likeness (QED) is 0.896. The summed E-state index contributed by atoms with van der Waals surface area (Å²) >= 11 is 0. The van der Waals surface area contributed by atoms with Gasteiger partial charge in [0.2, 0.25) is 0 Å². The molecule has 1 aromatic heterocycles. The van der Waals surface area contributed by atoms with E-state index < -0.39 is 33.2 Å². The third-order valence-electron chi connectivity index (χ3n) is 3.27. The average molecular weight is 340 g/mol. The van der Waals surface area contributed by atoms with Crippen molar-refractivity contribution in [2.75, 3.05) is 0 Å². The molecule has 1 atom stereocenters. The van der Waals surface area contributed by atoms with Crippen LogP contribution in [0.2, 0.25) is 0 Å². The first-order chi connectivity index (χ1) is 9.93. The highest BCUT2D eigenvalue weighted by molar-refractivity contribution is 7.89. The Labute approximate surface area is 125 Å². The van der Waals surface area contributed by atoms with E-state index in [1.54, 1.807) is 6.92 Å². The first-order valence-corrected chi connectivity index (χ1v) is 7.80. The molecule has 2 rings (SSSR count). The maximum Gasteiger partial charge on any atom is 0.439 e. The minimum Gasteiger partial charge on any atom is -0.361 e. The SMILES string of the molecule is CCn1cc(S(=O)(=O)N2N=C(C)CC2(O)C(F)(F)F)c(C)n1. The zero-order valence-electron chi connectivity index (χ0n) is 12.1. The molecule has 0 radical (unpaired) electrons. The topological polar surface area (TPSA) is 87.8 Å². The first-order valence-electron chi connectivity index (χ1n) is 6.36. The number of halogens is 3. The predicted octanol–water partition coefficient (Wildman–Crippen LogP) is 1.23. The van der Waals surface area contributed by atoms with Gasteiger partial charge in [0.05, 0.1) is 5.69 Å². The maximum atomic E-state index is 13.1. The van der Waals surface area contributed by atoms with Crippen molar-refractivity contribution in [2.45, 2.75) is 50.5 Å². The molecule has 0 saturated carbocycles. The number of alkyl halides is 3. The van der Waals surface area contributed by atoms with Crippen LogP contribution in [0.4, 0.5) is 13.2 Å². The molecular formula is C11H15F3N4O3S. The van der Waals surface area contributed by atoms with Crippen LogP contribution in [0.25, 0.3) is 0 Å². The number of nitrogens with zero attached hydrogens (tertiary/aromatic N) is 4. The number of sulfonamides is 1. The van der Waals surface area contributed by atoms with Gasteiger partial charge < -0.3 is 5.11 Å². The lowest BCUT2D eigenvalue weighted by Gasteiger charge is -2.32. The fraction of sp³-hybridized carbons (Fsp3) is 0.636. The molecule has 0 spiro atoms. The predicted molar refractivity (Wildman–Crippen MR) is 70.4 cm³/mol. The van der Waals surface area contributed by atoms with Gasteiger partial charge in [0, 0.05) is 24.9 Å². The maximum absolute atomic E-state index is 13.1. The van der Waals surface area contributed by atoms with Gasteiger partial charge in [0.15, 0.2) is 0 Å². The van der Waals surface area contributed by atoms with Crippen LogP contribution in [-0.2, 0) is 16.6 Å². The smallest absolute Gasteiger partial charge is 0.361 e. The fourth-order valence-corrected chi connectivity index (χ4v) is 3.83.